The fraction of sp³-hybridized carbons (Fsp3) is 0.529. The van der Waals surface area contributed by atoms with Gasteiger partial charge in [-0.05, 0) is 44.2 Å². The summed E-state index contributed by atoms with van der Waals surface area (Å²) in [5.41, 5.74) is 0.680. The highest BCUT2D eigenvalue weighted by Crippen LogP contribution is 2.41. The summed E-state index contributed by atoms with van der Waals surface area (Å²) in [6, 6.07) is 6.40. The van der Waals surface area contributed by atoms with Crippen molar-refractivity contribution in [3.05, 3.63) is 35.4 Å². The van der Waals surface area contributed by atoms with Crippen LogP contribution < -0.4 is 0 Å². The average molecular weight is 303 g/mol. The molecule has 1 amide bonds. The van der Waals surface area contributed by atoms with E-state index in [2.05, 4.69) is 0 Å². The highest BCUT2D eigenvalue weighted by atomic mass is 16.5. The highest BCUT2D eigenvalue weighted by Gasteiger charge is 2.53. The Bertz CT molecular complexity index is 592. The quantitative estimate of drug-likeness (QED) is 0.912. The van der Waals surface area contributed by atoms with Gasteiger partial charge in [-0.3, -0.25) is 9.69 Å². The van der Waals surface area contributed by atoms with Gasteiger partial charge in [-0.2, -0.15) is 0 Å². The molecule has 3 rings (SSSR count). The van der Waals surface area contributed by atoms with Crippen LogP contribution in [0.4, 0.5) is 0 Å². The lowest BCUT2D eigenvalue weighted by Gasteiger charge is -2.41. The Morgan fingerprint density at radius 2 is 1.91 bits per heavy atom. The molecule has 1 aromatic rings. The fourth-order valence-corrected chi connectivity index (χ4v) is 3.60. The Balaban J connectivity index is 2.00. The molecule has 1 atom stereocenters. The molecule has 1 aliphatic carbocycles. The van der Waals surface area contributed by atoms with E-state index in [1.165, 1.54) is 4.90 Å². The number of aliphatic carboxylic acids is 1. The van der Waals surface area contributed by atoms with Gasteiger partial charge in [0.15, 0.2) is 6.04 Å². The van der Waals surface area contributed by atoms with Crippen molar-refractivity contribution in [2.24, 2.45) is 0 Å². The fourth-order valence-electron chi connectivity index (χ4n) is 3.60. The van der Waals surface area contributed by atoms with Gasteiger partial charge >= 0.3 is 5.97 Å². The summed E-state index contributed by atoms with van der Waals surface area (Å²) < 4.78 is 5.87. The van der Waals surface area contributed by atoms with Crippen LogP contribution >= 0.6 is 0 Å². The number of nitrogens with zero attached hydrogens (tertiary/aromatic N) is 1. The molecule has 1 aliphatic heterocycles. The van der Waals surface area contributed by atoms with E-state index in [0.29, 0.717) is 18.4 Å². The third-order valence-corrected chi connectivity index (χ3v) is 4.77. The lowest BCUT2D eigenvalue weighted by molar-refractivity contribution is -0.143. The first-order valence-corrected chi connectivity index (χ1v) is 7.81. The van der Waals surface area contributed by atoms with Gasteiger partial charge in [0.25, 0.3) is 5.91 Å². The molecule has 0 bridgehead atoms. The van der Waals surface area contributed by atoms with Crippen molar-refractivity contribution in [2.75, 3.05) is 6.61 Å². The van der Waals surface area contributed by atoms with E-state index in [4.69, 9.17) is 4.74 Å². The first-order valence-electron chi connectivity index (χ1n) is 7.81. The largest absolute Gasteiger partial charge is 0.480 e. The van der Waals surface area contributed by atoms with Crippen LogP contribution in [0.15, 0.2) is 24.3 Å². The van der Waals surface area contributed by atoms with Gasteiger partial charge in [0, 0.05) is 5.56 Å². The Kier molecular flexibility index (Phi) is 3.91. The number of aryl methyl sites for hydroxylation is 1. The molecule has 1 heterocycles. The van der Waals surface area contributed by atoms with Gasteiger partial charge in [-0.15, -0.1) is 0 Å². The van der Waals surface area contributed by atoms with Crippen molar-refractivity contribution in [2.45, 2.75) is 50.8 Å². The van der Waals surface area contributed by atoms with Gasteiger partial charge in [-0.1, -0.05) is 24.6 Å². The first kappa shape index (κ1) is 15.0. The molecule has 1 N–H and O–H groups in total. The summed E-state index contributed by atoms with van der Waals surface area (Å²) in [4.78, 5) is 26.1. The van der Waals surface area contributed by atoms with Crippen LogP contribution in [0, 0.1) is 6.92 Å². The van der Waals surface area contributed by atoms with Crippen LogP contribution in [0.5, 0.6) is 0 Å². The van der Waals surface area contributed by atoms with Gasteiger partial charge in [-0.25, -0.2) is 4.79 Å². The van der Waals surface area contributed by atoms with Gasteiger partial charge in [0.05, 0.1) is 6.61 Å². The number of ether oxygens (including phenoxy) is 1. The molecule has 2 aliphatic rings. The standard InChI is InChI=1S/C17H21NO4/c1-12-7-3-4-8-13(12)15(19)18-14(16(20)21)11-22-17(18)9-5-2-6-10-17/h3-4,7-8,14H,2,5-6,9-11H2,1H3,(H,20,21)/t14-/m1/s1. The second kappa shape index (κ2) is 5.72. The second-order valence-corrected chi connectivity index (χ2v) is 6.16. The van der Waals surface area contributed by atoms with Crippen molar-refractivity contribution in [1.82, 2.24) is 4.90 Å². The number of rotatable bonds is 2. The molecule has 5 heteroatoms. The molecule has 1 saturated carbocycles. The minimum atomic E-state index is -0.996. The normalized spacial score (nSPS) is 23.7. The lowest BCUT2D eigenvalue weighted by Crippen LogP contribution is -2.54. The zero-order valence-electron chi connectivity index (χ0n) is 12.7. The summed E-state index contributed by atoms with van der Waals surface area (Å²) in [5.74, 6) is -1.23. The third kappa shape index (κ3) is 2.39. The summed E-state index contributed by atoms with van der Waals surface area (Å²) in [6.45, 7) is 1.94. The number of benzene rings is 1. The van der Waals surface area contributed by atoms with Gasteiger partial charge < -0.3 is 9.84 Å². The molecule has 1 spiro atoms. The average Bonchev–Trinajstić information content (AvgIpc) is 2.87. The van der Waals surface area contributed by atoms with E-state index in [1.807, 2.05) is 19.1 Å². The molecule has 1 aromatic carbocycles. The third-order valence-electron chi connectivity index (χ3n) is 4.77. The van der Waals surface area contributed by atoms with Crippen LogP contribution in [0.1, 0.15) is 48.0 Å². The maximum atomic E-state index is 13.0. The number of carboxylic acids is 1. The van der Waals surface area contributed by atoms with Crippen molar-refractivity contribution < 1.29 is 19.4 Å². The number of carbonyl (C=O) groups is 2. The predicted molar refractivity (Wildman–Crippen MR) is 80.5 cm³/mol. The van der Waals surface area contributed by atoms with E-state index >= 15 is 0 Å². The van der Waals surface area contributed by atoms with Crippen molar-refractivity contribution in [1.29, 1.82) is 0 Å². The van der Waals surface area contributed by atoms with E-state index in [0.717, 1.165) is 24.8 Å². The summed E-state index contributed by atoms with van der Waals surface area (Å²) in [5, 5.41) is 9.49. The Labute approximate surface area is 129 Å². The molecular formula is C17H21NO4. The summed E-state index contributed by atoms with van der Waals surface area (Å²) >= 11 is 0. The van der Waals surface area contributed by atoms with Gasteiger partial charge in [0.1, 0.15) is 5.72 Å². The maximum absolute atomic E-state index is 13.0. The monoisotopic (exact) mass is 303 g/mol. The Hall–Kier alpha value is -1.88. The van der Waals surface area contributed by atoms with E-state index in [1.54, 1.807) is 12.1 Å². The first-order chi connectivity index (χ1) is 10.6. The highest BCUT2D eigenvalue weighted by molar-refractivity contribution is 5.98. The second-order valence-electron chi connectivity index (χ2n) is 6.16. The maximum Gasteiger partial charge on any atom is 0.328 e. The predicted octanol–water partition coefficient (Wildman–Crippen LogP) is 2.58. The number of amides is 1. The van der Waals surface area contributed by atoms with Gasteiger partial charge in [0.2, 0.25) is 0 Å². The minimum Gasteiger partial charge on any atom is -0.480 e. The molecule has 1 saturated heterocycles. The number of hydrogen-bond acceptors (Lipinski definition) is 3. The number of hydrogen-bond donors (Lipinski definition) is 1. The molecule has 118 valence electrons. The Morgan fingerprint density at radius 1 is 1.23 bits per heavy atom. The molecule has 0 aromatic heterocycles. The van der Waals surface area contributed by atoms with Crippen molar-refractivity contribution in [3.8, 4) is 0 Å². The molecule has 0 unspecified atom stereocenters. The van der Waals surface area contributed by atoms with E-state index in [-0.39, 0.29) is 12.5 Å². The van der Waals surface area contributed by atoms with Crippen molar-refractivity contribution in [3.63, 3.8) is 0 Å². The van der Waals surface area contributed by atoms with E-state index in [9.17, 15) is 14.7 Å². The lowest BCUT2D eigenvalue weighted by atomic mass is 9.89. The summed E-state index contributed by atoms with van der Waals surface area (Å²) in [6.07, 6.45) is 4.46. The summed E-state index contributed by atoms with van der Waals surface area (Å²) in [7, 11) is 0. The topological polar surface area (TPSA) is 66.8 Å². The van der Waals surface area contributed by atoms with Crippen LogP contribution in [-0.4, -0.2) is 40.3 Å². The number of carboxylic acid groups (broad SMARTS) is 1. The molecule has 0 radical (unpaired) electrons. The molecule has 2 fully saturated rings. The van der Waals surface area contributed by atoms with E-state index < -0.39 is 17.7 Å². The van der Waals surface area contributed by atoms with Crippen LogP contribution in [0.25, 0.3) is 0 Å². The minimum absolute atomic E-state index is 0.0763. The van der Waals surface area contributed by atoms with Crippen molar-refractivity contribution >= 4 is 11.9 Å². The molecular weight excluding hydrogens is 282 g/mol. The molecule has 22 heavy (non-hydrogen) atoms. The Morgan fingerprint density at radius 3 is 2.55 bits per heavy atom. The zero-order valence-corrected chi connectivity index (χ0v) is 12.7. The molecule has 5 nitrogen and oxygen atoms in total. The van der Waals surface area contributed by atoms with Crippen LogP contribution in [-0.2, 0) is 9.53 Å². The number of carbonyl (C=O) groups excluding carboxylic acids is 1. The van der Waals surface area contributed by atoms with Crippen LogP contribution in [0.3, 0.4) is 0 Å². The SMILES string of the molecule is Cc1ccccc1C(=O)N1[C@@H](C(=O)O)COC12CCCCC2. The zero-order chi connectivity index (χ0) is 15.7. The van der Waals surface area contributed by atoms with Crippen LogP contribution in [0.2, 0.25) is 0 Å². The smallest absolute Gasteiger partial charge is 0.328 e.